The van der Waals surface area contributed by atoms with E-state index in [1.54, 1.807) is 27.7 Å². The minimum absolute atomic E-state index is 0.0361. The first kappa shape index (κ1) is 21.4. The van der Waals surface area contributed by atoms with E-state index in [0.717, 1.165) is 51.8 Å². The van der Waals surface area contributed by atoms with Gasteiger partial charge in [-0.05, 0) is 72.4 Å². The maximum absolute atomic E-state index is 13.9. The number of fused-ring (bicyclic) bond motifs is 4. The van der Waals surface area contributed by atoms with Crippen LogP contribution in [0.4, 0.5) is 0 Å². The number of thiophene rings is 1. The van der Waals surface area contributed by atoms with Crippen LogP contribution in [0.5, 0.6) is 5.75 Å². The van der Waals surface area contributed by atoms with Crippen molar-refractivity contribution in [3.05, 3.63) is 93.1 Å². The second-order valence-electron chi connectivity index (χ2n) is 8.43. The number of hydrogen-bond donors (Lipinski definition) is 0. The molecular weight excluding hydrogens is 460 g/mol. The Balaban J connectivity index is 1.47. The van der Waals surface area contributed by atoms with Crippen molar-refractivity contribution in [1.82, 2.24) is 9.55 Å². The lowest BCUT2D eigenvalue weighted by Crippen LogP contribution is -2.21. The van der Waals surface area contributed by atoms with Gasteiger partial charge in [0.2, 0.25) is 0 Å². The molecule has 34 heavy (non-hydrogen) atoms. The van der Waals surface area contributed by atoms with Crippen LogP contribution in [-0.2, 0) is 18.6 Å². The van der Waals surface area contributed by atoms with Crippen molar-refractivity contribution >= 4 is 44.1 Å². The molecule has 0 amide bonds. The molecule has 1 aliphatic rings. The summed E-state index contributed by atoms with van der Waals surface area (Å²) in [5.74, 6) is 1.54. The zero-order chi connectivity index (χ0) is 23.1. The van der Waals surface area contributed by atoms with Crippen LogP contribution in [-0.4, -0.2) is 16.2 Å². The fraction of sp³-hybridized carbons (Fsp3) is 0.214. The summed E-state index contributed by atoms with van der Waals surface area (Å²) in [7, 11) is 0. The first-order valence-electron chi connectivity index (χ1n) is 11.6. The minimum atomic E-state index is 0.0361. The number of thioether (sulfide) groups is 1. The third-order valence-corrected chi connectivity index (χ3v) is 8.52. The third-order valence-electron chi connectivity index (χ3n) is 6.35. The summed E-state index contributed by atoms with van der Waals surface area (Å²) in [6.45, 7) is 2.58. The quantitative estimate of drug-likeness (QED) is 0.197. The van der Waals surface area contributed by atoms with Crippen molar-refractivity contribution in [2.75, 3.05) is 6.61 Å². The van der Waals surface area contributed by atoms with Crippen molar-refractivity contribution in [3.63, 3.8) is 0 Å². The molecule has 3 aromatic carbocycles. The Morgan fingerprint density at radius 1 is 1.03 bits per heavy atom. The van der Waals surface area contributed by atoms with Gasteiger partial charge in [0, 0.05) is 10.6 Å². The molecule has 2 heterocycles. The molecular formula is C28H24N2O2S2. The van der Waals surface area contributed by atoms with E-state index in [1.165, 1.54) is 26.8 Å². The molecule has 0 spiro atoms. The number of hydrogen-bond acceptors (Lipinski definition) is 5. The molecule has 6 heteroatoms. The largest absolute Gasteiger partial charge is 0.494 e. The second-order valence-corrected chi connectivity index (χ2v) is 10.5. The van der Waals surface area contributed by atoms with Gasteiger partial charge in [-0.15, -0.1) is 11.3 Å². The first-order chi connectivity index (χ1) is 16.7. The van der Waals surface area contributed by atoms with Crippen molar-refractivity contribution in [2.24, 2.45) is 0 Å². The van der Waals surface area contributed by atoms with Crippen molar-refractivity contribution in [1.29, 1.82) is 0 Å². The van der Waals surface area contributed by atoms with Gasteiger partial charge in [0.15, 0.2) is 5.16 Å². The average molecular weight is 485 g/mol. The van der Waals surface area contributed by atoms with Crippen molar-refractivity contribution in [3.8, 4) is 11.4 Å². The van der Waals surface area contributed by atoms with Gasteiger partial charge >= 0.3 is 0 Å². The smallest absolute Gasteiger partial charge is 0.267 e. The van der Waals surface area contributed by atoms with E-state index in [2.05, 4.69) is 42.5 Å². The fourth-order valence-electron chi connectivity index (χ4n) is 4.77. The van der Waals surface area contributed by atoms with Crippen LogP contribution in [0.2, 0.25) is 0 Å². The lowest BCUT2D eigenvalue weighted by Gasteiger charge is -2.14. The molecule has 0 N–H and O–H groups in total. The standard InChI is InChI=1S/C28H24N2O2S2/c1-2-32-21-15-13-20(14-16-21)30-27(31)25-23-11-6-12-24(23)34-26(25)29-28(30)33-17-19-9-5-8-18-7-3-4-10-22(18)19/h3-5,7-10,13-16H,2,6,11-12,17H2,1H3. The molecule has 0 aliphatic heterocycles. The second kappa shape index (κ2) is 8.93. The molecule has 5 aromatic rings. The van der Waals surface area contributed by atoms with E-state index in [9.17, 15) is 4.79 Å². The van der Waals surface area contributed by atoms with Gasteiger partial charge in [0.05, 0.1) is 17.7 Å². The maximum Gasteiger partial charge on any atom is 0.267 e. The summed E-state index contributed by atoms with van der Waals surface area (Å²) < 4.78 is 7.41. The van der Waals surface area contributed by atoms with Gasteiger partial charge in [-0.1, -0.05) is 54.2 Å². The Labute approximate surface area is 206 Å². The van der Waals surface area contributed by atoms with E-state index in [0.29, 0.717) is 6.61 Å². The first-order valence-corrected chi connectivity index (χ1v) is 13.4. The Morgan fingerprint density at radius 2 is 1.85 bits per heavy atom. The molecule has 4 nitrogen and oxygen atoms in total. The molecule has 0 bridgehead atoms. The van der Waals surface area contributed by atoms with Crippen LogP contribution in [0.25, 0.3) is 26.7 Å². The number of nitrogens with zero attached hydrogens (tertiary/aromatic N) is 2. The zero-order valence-corrected chi connectivity index (χ0v) is 20.5. The van der Waals surface area contributed by atoms with Gasteiger partial charge in [0.25, 0.3) is 5.56 Å². The minimum Gasteiger partial charge on any atom is -0.494 e. The van der Waals surface area contributed by atoms with E-state index in [1.807, 2.05) is 31.2 Å². The summed E-state index contributed by atoms with van der Waals surface area (Å²) in [6, 6.07) is 22.6. The summed E-state index contributed by atoms with van der Waals surface area (Å²) >= 11 is 3.32. The van der Waals surface area contributed by atoms with Gasteiger partial charge in [-0.2, -0.15) is 0 Å². The average Bonchev–Trinajstić information content (AvgIpc) is 3.45. The highest BCUT2D eigenvalue weighted by atomic mass is 32.2. The molecule has 0 saturated carbocycles. The number of aromatic nitrogens is 2. The van der Waals surface area contributed by atoms with Crippen LogP contribution in [0.1, 0.15) is 29.3 Å². The normalized spacial score (nSPS) is 13.0. The Morgan fingerprint density at radius 3 is 2.71 bits per heavy atom. The van der Waals surface area contributed by atoms with E-state index in [-0.39, 0.29) is 5.56 Å². The summed E-state index contributed by atoms with van der Waals surface area (Å²) in [5, 5.41) is 4.00. The van der Waals surface area contributed by atoms with Gasteiger partial charge < -0.3 is 4.74 Å². The summed E-state index contributed by atoms with van der Waals surface area (Å²) in [5.41, 5.74) is 3.31. The lowest BCUT2D eigenvalue weighted by atomic mass is 10.1. The highest BCUT2D eigenvalue weighted by Crippen LogP contribution is 2.37. The summed E-state index contributed by atoms with van der Waals surface area (Å²) in [4.78, 5) is 21.1. The number of rotatable bonds is 6. The van der Waals surface area contributed by atoms with Crippen LogP contribution in [0.15, 0.2) is 76.7 Å². The number of benzene rings is 3. The van der Waals surface area contributed by atoms with Crippen LogP contribution in [0, 0.1) is 0 Å². The number of aryl methyl sites for hydroxylation is 2. The molecule has 2 aromatic heterocycles. The number of ether oxygens (including phenoxy) is 1. The van der Waals surface area contributed by atoms with Gasteiger partial charge in [-0.25, -0.2) is 4.98 Å². The predicted octanol–water partition coefficient (Wildman–Crippen LogP) is 6.78. The molecule has 0 saturated heterocycles. The maximum atomic E-state index is 13.9. The highest BCUT2D eigenvalue weighted by Gasteiger charge is 2.24. The Bertz CT molecular complexity index is 1560. The monoisotopic (exact) mass is 484 g/mol. The fourth-order valence-corrected chi connectivity index (χ4v) is 7.09. The van der Waals surface area contributed by atoms with Crippen LogP contribution >= 0.6 is 23.1 Å². The van der Waals surface area contributed by atoms with Crippen molar-refractivity contribution < 1.29 is 4.74 Å². The molecule has 0 fully saturated rings. The zero-order valence-electron chi connectivity index (χ0n) is 18.9. The van der Waals surface area contributed by atoms with E-state index in [4.69, 9.17) is 9.72 Å². The van der Waals surface area contributed by atoms with E-state index >= 15 is 0 Å². The van der Waals surface area contributed by atoms with E-state index < -0.39 is 0 Å². The molecule has 0 radical (unpaired) electrons. The Kier molecular flexibility index (Phi) is 5.63. The summed E-state index contributed by atoms with van der Waals surface area (Å²) in [6.07, 6.45) is 3.15. The van der Waals surface area contributed by atoms with Crippen LogP contribution in [0.3, 0.4) is 0 Å². The van der Waals surface area contributed by atoms with Crippen molar-refractivity contribution in [2.45, 2.75) is 37.1 Å². The topological polar surface area (TPSA) is 44.1 Å². The third kappa shape index (κ3) is 3.71. The molecule has 170 valence electrons. The van der Waals surface area contributed by atoms with Gasteiger partial charge in [-0.3, -0.25) is 9.36 Å². The SMILES string of the molecule is CCOc1ccc(-n2c(SCc3cccc4ccccc34)nc3sc4c(c3c2=O)CCC4)cc1. The molecule has 1 aliphatic carbocycles. The lowest BCUT2D eigenvalue weighted by molar-refractivity contribution is 0.340. The molecule has 0 atom stereocenters. The van der Waals surface area contributed by atoms with Gasteiger partial charge in [0.1, 0.15) is 10.6 Å². The highest BCUT2D eigenvalue weighted by molar-refractivity contribution is 7.98. The molecule has 6 rings (SSSR count). The predicted molar refractivity (Wildman–Crippen MR) is 142 cm³/mol. The van der Waals surface area contributed by atoms with Crippen LogP contribution < -0.4 is 10.3 Å². The molecule has 0 unspecified atom stereocenters. The Hall–Kier alpha value is -3.09.